The van der Waals surface area contributed by atoms with Crippen molar-refractivity contribution in [3.8, 4) is 0 Å². The van der Waals surface area contributed by atoms with Crippen molar-refractivity contribution in [2.45, 2.75) is 37.4 Å². The highest BCUT2D eigenvalue weighted by atomic mass is 32.2. The molecule has 7 heteroatoms. The van der Waals surface area contributed by atoms with Crippen molar-refractivity contribution < 1.29 is 23.4 Å². The van der Waals surface area contributed by atoms with Gasteiger partial charge < -0.3 is 10.2 Å². The number of aliphatic carboxylic acids is 1. The molecule has 0 radical (unpaired) electrons. The van der Waals surface area contributed by atoms with Crippen LogP contribution in [0.15, 0.2) is 0 Å². The SMILES string of the molecule is O=C(O)C1CCCC1S(=O)(=O)N1CCCC(CO)C1. The number of aliphatic hydroxyl groups excluding tert-OH is 1. The second kappa shape index (κ2) is 5.76. The molecule has 1 aliphatic heterocycles. The summed E-state index contributed by atoms with van der Waals surface area (Å²) in [7, 11) is -3.56. The summed E-state index contributed by atoms with van der Waals surface area (Å²) < 4.78 is 26.5. The standard InChI is InChI=1S/C12H21NO5S/c14-8-9-3-2-6-13(7-9)19(17,18)11-5-1-4-10(11)12(15)16/h9-11,14H,1-8H2,(H,15,16). The topological polar surface area (TPSA) is 94.9 Å². The molecule has 0 spiro atoms. The first-order chi connectivity index (χ1) is 8.96. The molecule has 2 aliphatic rings. The second-order valence-corrected chi connectivity index (χ2v) is 7.66. The summed E-state index contributed by atoms with van der Waals surface area (Å²) in [5.41, 5.74) is 0. The van der Waals surface area contributed by atoms with Crippen LogP contribution in [0.4, 0.5) is 0 Å². The summed E-state index contributed by atoms with van der Waals surface area (Å²) in [6.07, 6.45) is 3.08. The summed E-state index contributed by atoms with van der Waals surface area (Å²) in [5, 5.41) is 17.5. The number of hydrogen-bond acceptors (Lipinski definition) is 4. The summed E-state index contributed by atoms with van der Waals surface area (Å²) >= 11 is 0. The van der Waals surface area contributed by atoms with Crippen LogP contribution in [-0.4, -0.2) is 53.9 Å². The Bertz CT molecular complexity index is 435. The van der Waals surface area contributed by atoms with Crippen molar-refractivity contribution in [1.29, 1.82) is 0 Å². The monoisotopic (exact) mass is 291 g/mol. The average Bonchev–Trinajstić information content (AvgIpc) is 2.89. The maximum absolute atomic E-state index is 12.5. The van der Waals surface area contributed by atoms with E-state index in [1.54, 1.807) is 0 Å². The molecule has 0 aromatic heterocycles. The molecule has 1 heterocycles. The zero-order valence-corrected chi connectivity index (χ0v) is 11.7. The Morgan fingerprint density at radius 1 is 1.21 bits per heavy atom. The molecule has 1 saturated heterocycles. The number of carboxylic acids is 1. The normalized spacial score (nSPS) is 33.4. The van der Waals surface area contributed by atoms with Crippen molar-refractivity contribution >= 4 is 16.0 Å². The van der Waals surface area contributed by atoms with Gasteiger partial charge in [-0.15, -0.1) is 0 Å². The minimum atomic E-state index is -3.56. The summed E-state index contributed by atoms with van der Waals surface area (Å²) in [6, 6.07) is 0. The minimum Gasteiger partial charge on any atom is -0.481 e. The van der Waals surface area contributed by atoms with Gasteiger partial charge in [0.2, 0.25) is 10.0 Å². The number of rotatable bonds is 4. The zero-order valence-electron chi connectivity index (χ0n) is 10.9. The Hall–Kier alpha value is -0.660. The molecule has 3 atom stereocenters. The van der Waals surface area contributed by atoms with Crippen LogP contribution >= 0.6 is 0 Å². The van der Waals surface area contributed by atoms with Crippen LogP contribution in [0.3, 0.4) is 0 Å². The zero-order chi connectivity index (χ0) is 14.0. The largest absolute Gasteiger partial charge is 0.481 e. The van der Waals surface area contributed by atoms with Gasteiger partial charge in [-0.25, -0.2) is 12.7 Å². The Morgan fingerprint density at radius 3 is 2.58 bits per heavy atom. The maximum Gasteiger partial charge on any atom is 0.307 e. The van der Waals surface area contributed by atoms with Gasteiger partial charge in [-0.2, -0.15) is 0 Å². The molecule has 19 heavy (non-hydrogen) atoms. The molecule has 2 rings (SSSR count). The Kier molecular flexibility index (Phi) is 4.47. The van der Waals surface area contributed by atoms with Crippen LogP contribution in [0.25, 0.3) is 0 Å². The van der Waals surface area contributed by atoms with Gasteiger partial charge in [0.1, 0.15) is 0 Å². The van der Waals surface area contributed by atoms with Gasteiger partial charge in [-0.1, -0.05) is 6.42 Å². The van der Waals surface area contributed by atoms with E-state index in [1.807, 2.05) is 0 Å². The van der Waals surface area contributed by atoms with Crippen molar-refractivity contribution in [3.63, 3.8) is 0 Å². The molecule has 2 N–H and O–H groups in total. The highest BCUT2D eigenvalue weighted by molar-refractivity contribution is 7.89. The van der Waals surface area contributed by atoms with Gasteiger partial charge in [0, 0.05) is 19.7 Å². The van der Waals surface area contributed by atoms with Gasteiger partial charge >= 0.3 is 5.97 Å². The van der Waals surface area contributed by atoms with E-state index >= 15 is 0 Å². The molecule has 3 unspecified atom stereocenters. The van der Waals surface area contributed by atoms with Crippen molar-refractivity contribution in [1.82, 2.24) is 4.31 Å². The lowest BCUT2D eigenvalue weighted by atomic mass is 10.0. The molecule has 0 aromatic carbocycles. The third-order valence-electron chi connectivity index (χ3n) is 4.25. The number of carbonyl (C=O) groups is 1. The fraction of sp³-hybridized carbons (Fsp3) is 0.917. The lowest BCUT2D eigenvalue weighted by molar-refractivity contribution is -0.141. The van der Waals surface area contributed by atoms with Gasteiger partial charge in [0.15, 0.2) is 0 Å². The van der Waals surface area contributed by atoms with Crippen molar-refractivity contribution in [3.05, 3.63) is 0 Å². The molecule has 0 aromatic rings. The fourth-order valence-corrected chi connectivity index (χ4v) is 5.48. The molecular weight excluding hydrogens is 270 g/mol. The maximum atomic E-state index is 12.5. The quantitative estimate of drug-likeness (QED) is 0.775. The highest BCUT2D eigenvalue weighted by Gasteiger charge is 2.45. The molecule has 1 saturated carbocycles. The van der Waals surface area contributed by atoms with Crippen molar-refractivity contribution in [2.75, 3.05) is 19.7 Å². The van der Waals surface area contributed by atoms with Gasteiger partial charge in [-0.3, -0.25) is 4.79 Å². The number of nitrogens with zero attached hydrogens (tertiary/aromatic N) is 1. The average molecular weight is 291 g/mol. The Morgan fingerprint density at radius 2 is 1.95 bits per heavy atom. The molecule has 0 bridgehead atoms. The van der Waals surface area contributed by atoms with Crippen LogP contribution in [0.2, 0.25) is 0 Å². The smallest absolute Gasteiger partial charge is 0.307 e. The first-order valence-electron chi connectivity index (χ1n) is 6.79. The van der Waals surface area contributed by atoms with E-state index in [-0.39, 0.29) is 12.5 Å². The number of carboxylic acid groups (broad SMARTS) is 1. The molecule has 0 amide bonds. The third kappa shape index (κ3) is 2.93. The van der Waals surface area contributed by atoms with Crippen LogP contribution in [0.1, 0.15) is 32.1 Å². The summed E-state index contributed by atoms with van der Waals surface area (Å²) in [4.78, 5) is 11.1. The summed E-state index contributed by atoms with van der Waals surface area (Å²) in [5.74, 6) is -1.81. The minimum absolute atomic E-state index is 0.0148. The Balaban J connectivity index is 2.15. The van der Waals surface area contributed by atoms with E-state index in [9.17, 15) is 13.2 Å². The second-order valence-electron chi connectivity index (χ2n) is 5.51. The Labute approximate surface area is 113 Å². The van der Waals surface area contributed by atoms with E-state index in [0.717, 1.165) is 12.8 Å². The van der Waals surface area contributed by atoms with Crippen LogP contribution in [0, 0.1) is 11.8 Å². The van der Waals surface area contributed by atoms with Crippen LogP contribution < -0.4 is 0 Å². The number of sulfonamides is 1. The lowest BCUT2D eigenvalue weighted by Crippen LogP contribution is -2.47. The van der Waals surface area contributed by atoms with E-state index in [2.05, 4.69) is 0 Å². The van der Waals surface area contributed by atoms with Gasteiger partial charge in [0.05, 0.1) is 11.2 Å². The van der Waals surface area contributed by atoms with Crippen LogP contribution in [-0.2, 0) is 14.8 Å². The van der Waals surface area contributed by atoms with Gasteiger partial charge in [-0.05, 0) is 31.6 Å². The predicted molar refractivity (Wildman–Crippen MR) is 69.1 cm³/mol. The number of hydrogen-bond donors (Lipinski definition) is 2. The van der Waals surface area contributed by atoms with Crippen LogP contribution in [0.5, 0.6) is 0 Å². The van der Waals surface area contributed by atoms with Crippen molar-refractivity contribution in [2.24, 2.45) is 11.8 Å². The van der Waals surface area contributed by atoms with E-state index in [4.69, 9.17) is 10.2 Å². The van der Waals surface area contributed by atoms with E-state index in [1.165, 1.54) is 4.31 Å². The molecule has 6 nitrogen and oxygen atoms in total. The fourth-order valence-electron chi connectivity index (χ4n) is 3.16. The lowest BCUT2D eigenvalue weighted by Gasteiger charge is -2.33. The highest BCUT2D eigenvalue weighted by Crippen LogP contribution is 2.34. The summed E-state index contributed by atoms with van der Waals surface area (Å²) in [6.45, 7) is 0.752. The predicted octanol–water partition coefficient (Wildman–Crippen LogP) is 0.274. The third-order valence-corrected chi connectivity index (χ3v) is 6.63. The molecule has 2 fully saturated rings. The molecule has 1 aliphatic carbocycles. The number of piperidine rings is 1. The molecular formula is C12H21NO5S. The van der Waals surface area contributed by atoms with Gasteiger partial charge in [0.25, 0.3) is 0 Å². The van der Waals surface area contributed by atoms with E-state index in [0.29, 0.717) is 32.4 Å². The number of aliphatic hydroxyl groups is 1. The molecule has 110 valence electrons. The first-order valence-corrected chi connectivity index (χ1v) is 8.29. The van der Waals surface area contributed by atoms with E-state index < -0.39 is 27.2 Å². The first kappa shape index (κ1) is 14.7.